The maximum absolute atomic E-state index is 13.8. The number of carboxylic acids is 1. The number of benzene rings is 1. The monoisotopic (exact) mass is 448 g/mol. The zero-order valence-corrected chi connectivity index (χ0v) is 20.9. The second kappa shape index (κ2) is 11.6. The van der Waals surface area contributed by atoms with Gasteiger partial charge in [0.2, 0.25) is 0 Å². The zero-order chi connectivity index (χ0) is 22.9. The zero-order valence-electron chi connectivity index (χ0n) is 20.0. The molecule has 32 heavy (non-hydrogen) atoms. The van der Waals surface area contributed by atoms with E-state index in [1.165, 1.54) is 6.07 Å². The third-order valence-electron chi connectivity index (χ3n) is 5.27. The summed E-state index contributed by atoms with van der Waals surface area (Å²) in [6, 6.07) is 4.81. The van der Waals surface area contributed by atoms with E-state index in [1.54, 1.807) is 19.1 Å². The number of allylic oxidation sites excluding steroid dienone is 2. The first-order valence-electron chi connectivity index (χ1n) is 9.83. The van der Waals surface area contributed by atoms with Crippen molar-refractivity contribution in [1.82, 2.24) is 0 Å². The maximum atomic E-state index is 13.8. The fourth-order valence-corrected chi connectivity index (χ4v) is 5.42. The molecule has 0 bridgehead atoms. The molecule has 5 nitrogen and oxygen atoms in total. The Labute approximate surface area is 214 Å². The quantitative estimate of drug-likeness (QED) is 0.291. The van der Waals surface area contributed by atoms with Crippen LogP contribution in [0.2, 0.25) is 0 Å². The van der Waals surface area contributed by atoms with Gasteiger partial charge < -0.3 is 24.5 Å². The van der Waals surface area contributed by atoms with Crippen LogP contribution in [0.25, 0.3) is 5.57 Å². The number of carboxylic acid groups (broad SMARTS) is 1. The van der Waals surface area contributed by atoms with Gasteiger partial charge in [0.1, 0.15) is 5.82 Å². The molecular formula is C23H28FLi2O5P. The van der Waals surface area contributed by atoms with Crippen molar-refractivity contribution in [2.24, 2.45) is 10.8 Å². The number of hydrogen-bond donors (Lipinski definition) is 1. The number of carbonyl (C=O) groups excluding carboxylic acids is 1. The van der Waals surface area contributed by atoms with Crippen LogP contribution in [0.3, 0.4) is 0 Å². The van der Waals surface area contributed by atoms with E-state index in [0.717, 1.165) is 17.6 Å². The predicted octanol–water partition coefficient (Wildman–Crippen LogP) is -3.16. The summed E-state index contributed by atoms with van der Waals surface area (Å²) in [5, 5.41) is 20.2. The number of rotatable bonds is 5. The van der Waals surface area contributed by atoms with Gasteiger partial charge in [0, 0.05) is 24.1 Å². The fourth-order valence-electron chi connectivity index (χ4n) is 4.37. The summed E-state index contributed by atoms with van der Waals surface area (Å²) in [7, 11) is -4.34. The Kier molecular flexibility index (Phi) is 11.3. The molecule has 1 N–H and O–H groups in total. The van der Waals surface area contributed by atoms with Gasteiger partial charge in [-0.2, -0.15) is 0 Å². The molecule has 0 amide bonds. The number of aliphatic hydroxyl groups is 1. The van der Waals surface area contributed by atoms with E-state index in [4.69, 9.17) is 0 Å². The molecule has 0 aliphatic heterocycles. The second-order valence-electron chi connectivity index (χ2n) is 9.54. The molecule has 1 aromatic rings. The average molecular weight is 448 g/mol. The summed E-state index contributed by atoms with van der Waals surface area (Å²) in [4.78, 5) is 22.9. The molecule has 0 aromatic heterocycles. The molecule has 0 saturated carbocycles. The molecule has 2 rings (SSSR count). The topological polar surface area (TPSA) is 100 Å². The minimum absolute atomic E-state index is 0. The number of aryl methyl sites for hydroxylation is 1. The van der Waals surface area contributed by atoms with Crippen molar-refractivity contribution >= 4 is 18.9 Å². The van der Waals surface area contributed by atoms with Crippen LogP contribution in [-0.2, 0) is 9.36 Å². The number of aliphatic hydroxyl groups excluding tert-OH is 1. The molecule has 1 aliphatic rings. The van der Waals surface area contributed by atoms with Gasteiger partial charge in [-0.05, 0) is 65.1 Å². The van der Waals surface area contributed by atoms with Gasteiger partial charge in [-0.3, -0.25) is 0 Å². The predicted molar refractivity (Wildman–Crippen MR) is 111 cm³/mol. The first-order chi connectivity index (χ1) is 13.6. The molecule has 9 heteroatoms. The molecule has 0 heterocycles. The minimum Gasteiger partial charge on any atom is -0.790 e. The van der Waals surface area contributed by atoms with Gasteiger partial charge in [-0.25, -0.2) is 4.39 Å². The molecule has 0 spiro atoms. The third-order valence-corrected chi connectivity index (χ3v) is 6.62. The summed E-state index contributed by atoms with van der Waals surface area (Å²) in [5.41, 5.74) is 4.65. The number of hydrogen-bond acceptors (Lipinski definition) is 5. The summed E-state index contributed by atoms with van der Waals surface area (Å²) in [5.74, 6) is 0.979. The van der Waals surface area contributed by atoms with Crippen molar-refractivity contribution in [3.05, 3.63) is 40.7 Å². The van der Waals surface area contributed by atoms with Crippen molar-refractivity contribution in [2.75, 3.05) is 6.16 Å². The van der Waals surface area contributed by atoms with Crippen LogP contribution in [0, 0.1) is 35.2 Å². The van der Waals surface area contributed by atoms with E-state index in [1.807, 2.05) is 13.8 Å². The summed E-state index contributed by atoms with van der Waals surface area (Å²) in [6.07, 6.45) is -1.65. The second-order valence-corrected chi connectivity index (χ2v) is 11.5. The third kappa shape index (κ3) is 8.56. The number of halogens is 1. The first-order valence-corrected chi connectivity index (χ1v) is 11.6. The molecule has 1 aromatic carbocycles. The van der Waals surface area contributed by atoms with Gasteiger partial charge in [0.25, 0.3) is 0 Å². The molecule has 0 fully saturated rings. The Balaban J connectivity index is 0.00000480. The molecule has 2 atom stereocenters. The van der Waals surface area contributed by atoms with E-state index >= 15 is 0 Å². The largest absolute Gasteiger partial charge is 1.00 e. The van der Waals surface area contributed by atoms with E-state index < -0.39 is 37.4 Å². The van der Waals surface area contributed by atoms with Crippen molar-refractivity contribution in [1.29, 1.82) is 0 Å². The number of carbonyl (C=O) groups is 1. The maximum Gasteiger partial charge on any atom is 1.00 e. The van der Waals surface area contributed by atoms with Crippen LogP contribution in [0.15, 0.2) is 23.8 Å². The van der Waals surface area contributed by atoms with Crippen molar-refractivity contribution < 1.29 is 66.6 Å². The Bertz CT molecular complexity index is 992. The molecule has 0 saturated heterocycles. The van der Waals surface area contributed by atoms with Crippen LogP contribution in [0.5, 0.6) is 0 Å². The van der Waals surface area contributed by atoms with Crippen LogP contribution in [0.4, 0.5) is 4.39 Å². The number of aliphatic carboxylic acids is 1. The van der Waals surface area contributed by atoms with Gasteiger partial charge in [-0.1, -0.05) is 39.7 Å². The van der Waals surface area contributed by atoms with E-state index in [0.29, 0.717) is 17.6 Å². The van der Waals surface area contributed by atoms with Crippen LogP contribution < -0.4 is 47.7 Å². The standard InChI is InChI=1S/C23H30FO5P.2Li/c1-15-10-16(6-7-20(15)24)18-12-22(2,3)14-23(4,5)19(18)8-9-30(28,29)13-17(25)11-21(26)27;;/h6-7,10,17,25H,11-14H2,1-5H3,(H,26,27)(H,28,29);;/q;2*+1/p-2/t17-;;/m0../s1. The average Bonchev–Trinajstić information content (AvgIpc) is 2.52. The first kappa shape index (κ1) is 31.3. The van der Waals surface area contributed by atoms with E-state index in [2.05, 4.69) is 25.4 Å². The smallest absolute Gasteiger partial charge is 0.790 e. The van der Waals surface area contributed by atoms with Crippen LogP contribution in [-0.4, -0.2) is 23.3 Å². The van der Waals surface area contributed by atoms with Gasteiger partial charge >= 0.3 is 37.7 Å². The van der Waals surface area contributed by atoms with Crippen molar-refractivity contribution in [2.45, 2.75) is 60.0 Å². The Hall–Kier alpha value is -0.735. The van der Waals surface area contributed by atoms with Crippen molar-refractivity contribution in [3.8, 4) is 11.6 Å². The Morgan fingerprint density at radius 1 is 1.28 bits per heavy atom. The van der Waals surface area contributed by atoms with Gasteiger partial charge in [-0.15, -0.1) is 0 Å². The van der Waals surface area contributed by atoms with E-state index in [9.17, 15) is 28.9 Å². The van der Waals surface area contributed by atoms with Crippen LogP contribution >= 0.6 is 7.37 Å². The molecular weight excluding hydrogens is 420 g/mol. The van der Waals surface area contributed by atoms with E-state index in [-0.39, 0.29) is 49.0 Å². The normalized spacial score (nSPS) is 19.4. The summed E-state index contributed by atoms with van der Waals surface area (Å²) < 4.78 is 26.1. The van der Waals surface area contributed by atoms with Gasteiger partial charge in [0.15, 0.2) is 0 Å². The van der Waals surface area contributed by atoms with Gasteiger partial charge in [0.05, 0.1) is 13.5 Å². The minimum atomic E-state index is -4.34. The molecule has 1 unspecified atom stereocenters. The summed E-state index contributed by atoms with van der Waals surface area (Å²) >= 11 is 0. The Morgan fingerprint density at radius 2 is 1.88 bits per heavy atom. The summed E-state index contributed by atoms with van der Waals surface area (Å²) in [6.45, 7) is 9.92. The fraction of sp³-hybridized carbons (Fsp3) is 0.522. The van der Waals surface area contributed by atoms with Crippen LogP contribution in [0.1, 0.15) is 58.1 Å². The van der Waals surface area contributed by atoms with Crippen molar-refractivity contribution in [3.63, 3.8) is 0 Å². The molecule has 0 radical (unpaired) electrons. The Morgan fingerprint density at radius 3 is 2.41 bits per heavy atom. The molecule has 164 valence electrons. The SMILES string of the molecule is Cc1cc(C2=C(C#CP(=O)([O-])C[C@@H](O)CC(=O)[O-])C(C)(C)CC(C)(C)C2)ccc1F.[Li+].[Li+]. The molecule has 1 aliphatic carbocycles.